The van der Waals surface area contributed by atoms with Crippen molar-refractivity contribution in [3.63, 3.8) is 0 Å². The van der Waals surface area contributed by atoms with Gasteiger partial charge < -0.3 is 10.5 Å². The molecule has 0 aliphatic carbocycles. The molecule has 0 spiro atoms. The van der Waals surface area contributed by atoms with Crippen LogP contribution in [-0.2, 0) is 6.42 Å². The van der Waals surface area contributed by atoms with Gasteiger partial charge >= 0.3 is 0 Å². The molecule has 0 saturated carbocycles. The Balaban J connectivity index is 1.82. The van der Waals surface area contributed by atoms with Crippen LogP contribution in [0.5, 0.6) is 5.75 Å². The van der Waals surface area contributed by atoms with Gasteiger partial charge in [-0.3, -0.25) is 0 Å². The van der Waals surface area contributed by atoms with Gasteiger partial charge in [0, 0.05) is 6.04 Å². The van der Waals surface area contributed by atoms with E-state index in [0.29, 0.717) is 13.0 Å². The van der Waals surface area contributed by atoms with Crippen molar-refractivity contribution in [2.24, 2.45) is 5.73 Å². The number of hydrogen-bond acceptors (Lipinski definition) is 2. The Morgan fingerprint density at radius 1 is 1.00 bits per heavy atom. The normalized spacial score (nSPS) is 12.1. The van der Waals surface area contributed by atoms with E-state index in [0.717, 1.165) is 11.3 Å². The Morgan fingerprint density at radius 3 is 2.33 bits per heavy atom. The summed E-state index contributed by atoms with van der Waals surface area (Å²) >= 11 is 0. The average Bonchev–Trinajstić information content (AvgIpc) is 2.40. The van der Waals surface area contributed by atoms with Crippen molar-refractivity contribution in [1.29, 1.82) is 0 Å². The molecule has 0 fully saturated rings. The Labute approximate surface area is 106 Å². The van der Waals surface area contributed by atoms with Crippen molar-refractivity contribution in [2.75, 3.05) is 6.61 Å². The Bertz CT molecular complexity index is 470. The number of benzene rings is 2. The number of rotatable bonds is 5. The lowest BCUT2D eigenvalue weighted by atomic mass is 10.1. The van der Waals surface area contributed by atoms with Crippen LogP contribution in [0.3, 0.4) is 0 Å². The lowest BCUT2D eigenvalue weighted by Gasteiger charge is -2.13. The third-order valence-electron chi connectivity index (χ3n) is 2.62. The Kier molecular flexibility index (Phi) is 4.31. The number of nitrogens with two attached hydrogens (primary N) is 1. The molecule has 1 unspecified atom stereocenters. The summed E-state index contributed by atoms with van der Waals surface area (Å²) in [6.07, 6.45) is 0.674. The van der Waals surface area contributed by atoms with Crippen molar-refractivity contribution in [2.45, 2.75) is 12.5 Å². The third-order valence-corrected chi connectivity index (χ3v) is 2.62. The molecule has 2 nitrogen and oxygen atoms in total. The smallest absolute Gasteiger partial charge is 0.123 e. The zero-order valence-electron chi connectivity index (χ0n) is 10.1. The second-order valence-electron chi connectivity index (χ2n) is 4.21. The van der Waals surface area contributed by atoms with E-state index < -0.39 is 0 Å². The third kappa shape index (κ3) is 3.86. The van der Waals surface area contributed by atoms with Crippen LogP contribution in [0.4, 0.5) is 4.39 Å². The van der Waals surface area contributed by atoms with Gasteiger partial charge in [-0.05, 0) is 36.2 Å². The summed E-state index contributed by atoms with van der Waals surface area (Å²) in [6, 6.07) is 15.8. The first kappa shape index (κ1) is 12.6. The fourth-order valence-corrected chi connectivity index (χ4v) is 1.70. The molecular formula is C15H16FNO. The predicted molar refractivity (Wildman–Crippen MR) is 70.0 cm³/mol. The lowest BCUT2D eigenvalue weighted by molar-refractivity contribution is 0.287. The van der Waals surface area contributed by atoms with Gasteiger partial charge in [0.2, 0.25) is 0 Å². The molecule has 2 N–H and O–H groups in total. The summed E-state index contributed by atoms with van der Waals surface area (Å²) in [7, 11) is 0. The first-order valence-electron chi connectivity index (χ1n) is 5.92. The SMILES string of the molecule is NC(COc1ccccc1)Cc1ccc(F)cc1. The first-order valence-corrected chi connectivity index (χ1v) is 5.92. The predicted octanol–water partition coefficient (Wildman–Crippen LogP) is 2.77. The molecule has 0 aliphatic heterocycles. The minimum Gasteiger partial charge on any atom is -0.492 e. The summed E-state index contributed by atoms with van der Waals surface area (Å²) in [5.41, 5.74) is 6.99. The highest BCUT2D eigenvalue weighted by Crippen LogP contribution is 2.10. The quantitative estimate of drug-likeness (QED) is 0.879. The number of hydrogen-bond donors (Lipinski definition) is 1. The minimum absolute atomic E-state index is 0.101. The van der Waals surface area contributed by atoms with E-state index in [1.165, 1.54) is 12.1 Å². The zero-order chi connectivity index (χ0) is 12.8. The van der Waals surface area contributed by atoms with Gasteiger partial charge in [-0.2, -0.15) is 0 Å². The molecule has 1 atom stereocenters. The molecule has 0 bridgehead atoms. The standard InChI is InChI=1S/C15H16FNO/c16-13-8-6-12(7-9-13)10-14(17)11-18-15-4-2-1-3-5-15/h1-9,14H,10-11,17H2. The molecule has 94 valence electrons. The summed E-state index contributed by atoms with van der Waals surface area (Å²) in [5.74, 6) is 0.583. The molecule has 0 radical (unpaired) electrons. The van der Waals surface area contributed by atoms with Crippen LogP contribution in [0.15, 0.2) is 54.6 Å². The van der Waals surface area contributed by atoms with Crippen molar-refractivity contribution in [1.82, 2.24) is 0 Å². The van der Waals surface area contributed by atoms with Gasteiger partial charge in [0.15, 0.2) is 0 Å². The lowest BCUT2D eigenvalue weighted by Crippen LogP contribution is -2.30. The van der Waals surface area contributed by atoms with Crippen molar-refractivity contribution in [3.05, 3.63) is 66.0 Å². The highest BCUT2D eigenvalue weighted by molar-refractivity contribution is 5.21. The molecule has 0 heterocycles. The summed E-state index contributed by atoms with van der Waals surface area (Å²) in [4.78, 5) is 0. The maximum absolute atomic E-state index is 12.7. The van der Waals surface area contributed by atoms with Gasteiger partial charge in [-0.25, -0.2) is 4.39 Å². The minimum atomic E-state index is -0.229. The summed E-state index contributed by atoms with van der Waals surface area (Å²) in [6.45, 7) is 0.446. The van der Waals surface area contributed by atoms with Crippen LogP contribution in [0.1, 0.15) is 5.56 Å². The van der Waals surface area contributed by atoms with E-state index in [4.69, 9.17) is 10.5 Å². The Hall–Kier alpha value is -1.87. The fourth-order valence-electron chi connectivity index (χ4n) is 1.70. The first-order chi connectivity index (χ1) is 8.74. The van der Waals surface area contributed by atoms with Crippen molar-refractivity contribution < 1.29 is 9.13 Å². The summed E-state index contributed by atoms with van der Waals surface area (Å²) < 4.78 is 18.3. The molecule has 18 heavy (non-hydrogen) atoms. The van der Waals surface area contributed by atoms with E-state index in [9.17, 15) is 4.39 Å². The van der Waals surface area contributed by atoms with Crippen molar-refractivity contribution in [3.8, 4) is 5.75 Å². The van der Waals surface area contributed by atoms with Gasteiger partial charge in [-0.15, -0.1) is 0 Å². The Morgan fingerprint density at radius 2 is 1.67 bits per heavy atom. The van der Waals surface area contributed by atoms with E-state index in [1.54, 1.807) is 12.1 Å². The van der Waals surface area contributed by atoms with Crippen LogP contribution >= 0.6 is 0 Å². The average molecular weight is 245 g/mol. The van der Waals surface area contributed by atoms with Crippen LogP contribution in [-0.4, -0.2) is 12.6 Å². The topological polar surface area (TPSA) is 35.2 Å². The van der Waals surface area contributed by atoms with Gasteiger partial charge in [0.1, 0.15) is 18.2 Å². The molecule has 0 saturated heterocycles. The van der Waals surface area contributed by atoms with Gasteiger partial charge in [-0.1, -0.05) is 30.3 Å². The molecule has 2 aromatic rings. The molecule has 3 heteroatoms. The number of halogens is 1. The highest BCUT2D eigenvalue weighted by Gasteiger charge is 2.05. The highest BCUT2D eigenvalue weighted by atomic mass is 19.1. The van der Waals surface area contributed by atoms with Crippen molar-refractivity contribution >= 4 is 0 Å². The monoisotopic (exact) mass is 245 g/mol. The van der Waals surface area contributed by atoms with E-state index >= 15 is 0 Å². The number of para-hydroxylation sites is 1. The second-order valence-corrected chi connectivity index (χ2v) is 4.21. The van der Waals surface area contributed by atoms with Crippen LogP contribution in [0, 0.1) is 5.82 Å². The maximum atomic E-state index is 12.7. The molecular weight excluding hydrogens is 229 g/mol. The molecule has 0 aromatic heterocycles. The van der Waals surface area contributed by atoms with Gasteiger partial charge in [0.25, 0.3) is 0 Å². The zero-order valence-corrected chi connectivity index (χ0v) is 10.1. The molecule has 0 aliphatic rings. The van der Waals surface area contributed by atoms with Crippen LogP contribution in [0.25, 0.3) is 0 Å². The fraction of sp³-hybridized carbons (Fsp3) is 0.200. The molecule has 2 aromatic carbocycles. The van der Waals surface area contributed by atoms with E-state index in [2.05, 4.69) is 0 Å². The van der Waals surface area contributed by atoms with Gasteiger partial charge in [0.05, 0.1) is 0 Å². The van der Waals surface area contributed by atoms with Crippen LogP contribution in [0.2, 0.25) is 0 Å². The van der Waals surface area contributed by atoms with Crippen LogP contribution < -0.4 is 10.5 Å². The molecule has 0 amide bonds. The summed E-state index contributed by atoms with van der Waals surface area (Å²) in [5, 5.41) is 0. The maximum Gasteiger partial charge on any atom is 0.123 e. The van der Waals surface area contributed by atoms with E-state index in [1.807, 2.05) is 30.3 Å². The number of ether oxygens (including phenoxy) is 1. The van der Waals surface area contributed by atoms with E-state index in [-0.39, 0.29) is 11.9 Å². The largest absolute Gasteiger partial charge is 0.492 e. The molecule has 2 rings (SSSR count). The second kappa shape index (κ2) is 6.17.